The van der Waals surface area contributed by atoms with Crippen molar-refractivity contribution >= 4 is 5.69 Å². The van der Waals surface area contributed by atoms with E-state index in [1.165, 1.54) is 5.56 Å². The molecule has 1 aromatic carbocycles. The van der Waals surface area contributed by atoms with Crippen molar-refractivity contribution in [1.29, 1.82) is 5.26 Å². The average molecular weight is 256 g/mol. The summed E-state index contributed by atoms with van der Waals surface area (Å²) < 4.78 is 10.4. The monoisotopic (exact) mass is 256 g/mol. The van der Waals surface area contributed by atoms with E-state index in [0.29, 0.717) is 18.9 Å². The summed E-state index contributed by atoms with van der Waals surface area (Å²) in [4.78, 5) is 0. The van der Waals surface area contributed by atoms with Gasteiger partial charge in [-0.25, -0.2) is 0 Å². The molecule has 4 nitrogen and oxygen atoms in total. The van der Waals surface area contributed by atoms with Crippen LogP contribution < -0.4 is 5.32 Å². The molecule has 0 spiro atoms. The topological polar surface area (TPSA) is 58.2 Å². The number of nitrogens with one attached hydrogen (secondary N) is 1. The van der Waals surface area contributed by atoms with Gasteiger partial charge in [0.15, 0.2) is 0 Å². The van der Waals surface area contributed by atoms with Crippen LogP contribution in [0.2, 0.25) is 0 Å². The van der Waals surface area contributed by atoms with Crippen LogP contribution in [0.1, 0.15) is 17.1 Å². The second-order valence-corrected chi connectivity index (χ2v) is 4.13. The second-order valence-electron chi connectivity index (χ2n) is 4.13. The summed E-state index contributed by atoms with van der Waals surface area (Å²) in [5.74, 6) is 1.09. The molecule has 1 heterocycles. The number of nitriles is 1. The van der Waals surface area contributed by atoms with Gasteiger partial charge >= 0.3 is 0 Å². The van der Waals surface area contributed by atoms with E-state index in [-0.39, 0.29) is 0 Å². The van der Waals surface area contributed by atoms with Gasteiger partial charge in [-0.3, -0.25) is 0 Å². The Morgan fingerprint density at radius 2 is 2.11 bits per heavy atom. The van der Waals surface area contributed by atoms with Crippen molar-refractivity contribution < 1.29 is 9.15 Å². The summed E-state index contributed by atoms with van der Waals surface area (Å²) in [7, 11) is 1.70. The molecule has 4 heteroatoms. The number of nitrogens with zero attached hydrogens (tertiary/aromatic N) is 1. The summed E-state index contributed by atoms with van der Waals surface area (Å²) >= 11 is 0. The molecule has 0 aliphatic carbocycles. The summed E-state index contributed by atoms with van der Waals surface area (Å²) in [5.41, 5.74) is 2.27. The molecule has 0 saturated heterocycles. The lowest BCUT2D eigenvalue weighted by atomic mass is 10.1. The van der Waals surface area contributed by atoms with Crippen LogP contribution in [-0.4, -0.2) is 13.7 Å². The number of hydrogen-bond donors (Lipinski definition) is 1. The first-order chi connectivity index (χ1) is 9.33. The average Bonchev–Trinajstić information content (AvgIpc) is 2.91. The number of anilines is 1. The van der Waals surface area contributed by atoms with E-state index in [0.717, 1.165) is 17.9 Å². The van der Waals surface area contributed by atoms with Crippen LogP contribution in [-0.2, 0) is 17.7 Å². The molecule has 0 radical (unpaired) electrons. The standard InChI is InChI=1S/C15H16N2O2/c1-18-9-8-12-4-2-3-5-15(12)17-11-14-7-6-13(10-16)19-14/h2-7,17H,8-9,11H2,1H3. The first-order valence-corrected chi connectivity index (χ1v) is 6.13. The number of rotatable bonds is 6. The van der Waals surface area contributed by atoms with Crippen LogP contribution in [0.15, 0.2) is 40.8 Å². The van der Waals surface area contributed by atoms with Crippen molar-refractivity contribution in [3.63, 3.8) is 0 Å². The van der Waals surface area contributed by atoms with Gasteiger partial charge in [-0.15, -0.1) is 0 Å². The molecule has 0 amide bonds. The number of para-hydroxylation sites is 1. The Bertz CT molecular complexity index is 570. The fraction of sp³-hybridized carbons (Fsp3) is 0.267. The fourth-order valence-electron chi connectivity index (χ4n) is 1.84. The zero-order valence-corrected chi connectivity index (χ0v) is 10.8. The maximum Gasteiger partial charge on any atom is 0.203 e. The Balaban J connectivity index is 2.00. The van der Waals surface area contributed by atoms with Crippen LogP contribution in [0.4, 0.5) is 5.69 Å². The van der Waals surface area contributed by atoms with E-state index in [1.54, 1.807) is 13.2 Å². The molecule has 0 atom stereocenters. The summed E-state index contributed by atoms with van der Waals surface area (Å²) in [6.07, 6.45) is 0.862. The quantitative estimate of drug-likeness (QED) is 0.863. The minimum atomic E-state index is 0.337. The van der Waals surface area contributed by atoms with E-state index in [9.17, 15) is 0 Å². The highest BCUT2D eigenvalue weighted by molar-refractivity contribution is 5.51. The van der Waals surface area contributed by atoms with Crippen molar-refractivity contribution in [2.75, 3.05) is 19.0 Å². The van der Waals surface area contributed by atoms with E-state index < -0.39 is 0 Å². The smallest absolute Gasteiger partial charge is 0.203 e. The lowest BCUT2D eigenvalue weighted by molar-refractivity contribution is 0.202. The largest absolute Gasteiger partial charge is 0.449 e. The molecule has 0 saturated carbocycles. The van der Waals surface area contributed by atoms with Crippen LogP contribution in [0, 0.1) is 11.3 Å². The van der Waals surface area contributed by atoms with Gasteiger partial charge in [0.05, 0.1) is 13.2 Å². The summed E-state index contributed by atoms with van der Waals surface area (Å²) in [6, 6.07) is 13.6. The lowest BCUT2D eigenvalue weighted by Gasteiger charge is -2.10. The third-order valence-electron chi connectivity index (χ3n) is 2.82. The minimum Gasteiger partial charge on any atom is -0.449 e. The zero-order valence-electron chi connectivity index (χ0n) is 10.8. The molecule has 0 bridgehead atoms. The van der Waals surface area contributed by atoms with Crippen LogP contribution in [0.5, 0.6) is 0 Å². The molecule has 1 N–H and O–H groups in total. The van der Waals surface area contributed by atoms with Gasteiger partial charge in [0, 0.05) is 12.8 Å². The maximum absolute atomic E-state index is 8.70. The number of hydrogen-bond acceptors (Lipinski definition) is 4. The molecule has 98 valence electrons. The molecule has 0 unspecified atom stereocenters. The van der Waals surface area contributed by atoms with Crippen molar-refractivity contribution in [3.8, 4) is 6.07 Å². The number of ether oxygens (including phenoxy) is 1. The molecule has 2 aromatic rings. The predicted molar refractivity (Wildman–Crippen MR) is 72.8 cm³/mol. The molecular formula is C15H16N2O2. The van der Waals surface area contributed by atoms with Crippen LogP contribution in [0.3, 0.4) is 0 Å². The van der Waals surface area contributed by atoms with Crippen LogP contribution >= 0.6 is 0 Å². The van der Waals surface area contributed by atoms with Crippen molar-refractivity contribution in [2.45, 2.75) is 13.0 Å². The van der Waals surface area contributed by atoms with Gasteiger partial charge in [0.2, 0.25) is 5.76 Å². The third kappa shape index (κ3) is 3.60. The van der Waals surface area contributed by atoms with Gasteiger partial charge in [-0.1, -0.05) is 18.2 Å². The molecule has 1 aromatic heterocycles. The fourth-order valence-corrected chi connectivity index (χ4v) is 1.84. The normalized spacial score (nSPS) is 10.1. The van der Waals surface area contributed by atoms with Gasteiger partial charge in [0.1, 0.15) is 11.8 Å². The molecule has 2 rings (SSSR count). The molecule has 0 fully saturated rings. The molecule has 0 aliphatic heterocycles. The first-order valence-electron chi connectivity index (χ1n) is 6.13. The summed E-state index contributed by atoms with van der Waals surface area (Å²) in [6.45, 7) is 1.25. The lowest BCUT2D eigenvalue weighted by Crippen LogP contribution is -2.03. The first kappa shape index (κ1) is 13.2. The van der Waals surface area contributed by atoms with Crippen LogP contribution in [0.25, 0.3) is 0 Å². The van der Waals surface area contributed by atoms with E-state index in [2.05, 4.69) is 11.4 Å². The van der Waals surface area contributed by atoms with Crippen molar-refractivity contribution in [1.82, 2.24) is 0 Å². The third-order valence-corrected chi connectivity index (χ3v) is 2.82. The highest BCUT2D eigenvalue weighted by Crippen LogP contribution is 2.17. The minimum absolute atomic E-state index is 0.337. The van der Waals surface area contributed by atoms with Crippen molar-refractivity contribution in [3.05, 3.63) is 53.5 Å². The molecule has 0 aliphatic rings. The Morgan fingerprint density at radius 3 is 2.84 bits per heavy atom. The Morgan fingerprint density at radius 1 is 1.26 bits per heavy atom. The number of methoxy groups -OCH3 is 1. The maximum atomic E-state index is 8.70. The van der Waals surface area contributed by atoms with E-state index >= 15 is 0 Å². The zero-order chi connectivity index (χ0) is 13.5. The van der Waals surface area contributed by atoms with Gasteiger partial charge in [-0.2, -0.15) is 5.26 Å². The molecule has 19 heavy (non-hydrogen) atoms. The number of benzene rings is 1. The Labute approximate surface area is 112 Å². The van der Waals surface area contributed by atoms with Crippen molar-refractivity contribution in [2.24, 2.45) is 0 Å². The Kier molecular flexibility index (Phi) is 4.60. The highest BCUT2D eigenvalue weighted by Gasteiger charge is 2.04. The Hall–Kier alpha value is -2.25. The summed E-state index contributed by atoms with van der Waals surface area (Å²) in [5, 5.41) is 12.0. The number of furan rings is 1. The second kappa shape index (κ2) is 6.62. The predicted octanol–water partition coefficient (Wildman–Crippen LogP) is 2.95. The molecular weight excluding hydrogens is 240 g/mol. The SMILES string of the molecule is COCCc1ccccc1NCc1ccc(C#N)o1. The van der Waals surface area contributed by atoms with E-state index in [1.807, 2.05) is 30.3 Å². The van der Waals surface area contributed by atoms with Gasteiger partial charge in [0.25, 0.3) is 0 Å². The highest BCUT2D eigenvalue weighted by atomic mass is 16.5. The van der Waals surface area contributed by atoms with Gasteiger partial charge < -0.3 is 14.5 Å². The van der Waals surface area contributed by atoms with Gasteiger partial charge in [-0.05, 0) is 30.2 Å². The van der Waals surface area contributed by atoms with E-state index in [4.69, 9.17) is 14.4 Å².